The molecule has 0 unspecified atom stereocenters. The van der Waals surface area contributed by atoms with Crippen LogP contribution in [0.4, 0.5) is 0 Å². The zero-order valence-electron chi connectivity index (χ0n) is 12.8. The van der Waals surface area contributed by atoms with Crippen molar-refractivity contribution in [2.45, 2.75) is 6.92 Å². The molecule has 0 radical (unpaired) electrons. The van der Waals surface area contributed by atoms with Crippen LogP contribution in [0.25, 0.3) is 0 Å². The third-order valence-corrected chi connectivity index (χ3v) is 8.39. The van der Waals surface area contributed by atoms with Crippen molar-refractivity contribution in [1.82, 2.24) is 0 Å². The van der Waals surface area contributed by atoms with E-state index in [0.717, 1.165) is 0 Å². The molecule has 0 amide bonds. The first kappa shape index (κ1) is 15.5. The Kier molecular flexibility index (Phi) is 5.31. The molecule has 1 heteroatoms. The van der Waals surface area contributed by atoms with Crippen LogP contribution in [-0.4, -0.2) is 6.66 Å². The average Bonchev–Trinajstić information content (AvgIpc) is 2.55. The van der Waals surface area contributed by atoms with Crippen LogP contribution in [-0.2, 0) is 0 Å². The first-order valence-corrected chi connectivity index (χ1v) is 9.80. The van der Waals surface area contributed by atoms with Gasteiger partial charge in [0.25, 0.3) is 0 Å². The standard InChI is InChI=1S/C20H23P/c1-4-12-18(13-5-2)21(3,19-14-8-6-9-15-19)20-16-10-7-11-17-20/h4-17,21H,1H2,2-3H3/b13-5-,18-12+. The molecule has 2 aromatic rings. The summed E-state index contributed by atoms with van der Waals surface area (Å²) in [5.41, 5.74) is 0. The maximum atomic E-state index is 3.90. The van der Waals surface area contributed by atoms with E-state index >= 15 is 0 Å². The minimum absolute atomic E-state index is 1.37. The summed E-state index contributed by atoms with van der Waals surface area (Å²) < 4.78 is 0. The summed E-state index contributed by atoms with van der Waals surface area (Å²) in [5, 5.41) is 4.21. The molecule has 0 aliphatic heterocycles. The van der Waals surface area contributed by atoms with Crippen LogP contribution >= 0.6 is 7.26 Å². The minimum atomic E-state index is -1.97. The third-order valence-electron chi connectivity index (χ3n) is 3.92. The van der Waals surface area contributed by atoms with E-state index < -0.39 is 7.26 Å². The van der Waals surface area contributed by atoms with Gasteiger partial charge in [0.05, 0.1) is 0 Å². The molecule has 0 aromatic heterocycles. The first-order valence-electron chi connectivity index (χ1n) is 7.30. The zero-order valence-corrected chi connectivity index (χ0v) is 13.8. The summed E-state index contributed by atoms with van der Waals surface area (Å²) in [6.45, 7) is 8.38. The van der Waals surface area contributed by atoms with Crippen molar-refractivity contribution < 1.29 is 0 Å². The Bertz CT molecular complexity index is 597. The van der Waals surface area contributed by atoms with E-state index in [0.29, 0.717) is 0 Å². The van der Waals surface area contributed by atoms with Gasteiger partial charge in [0.2, 0.25) is 0 Å². The van der Waals surface area contributed by atoms with Crippen LogP contribution in [0.3, 0.4) is 0 Å². The molecule has 0 atom stereocenters. The molecule has 0 aliphatic rings. The molecule has 21 heavy (non-hydrogen) atoms. The van der Waals surface area contributed by atoms with Gasteiger partial charge in [-0.25, -0.2) is 0 Å². The van der Waals surface area contributed by atoms with Crippen molar-refractivity contribution in [3.8, 4) is 0 Å². The normalized spacial score (nSPS) is 13.3. The van der Waals surface area contributed by atoms with Crippen molar-refractivity contribution in [2.24, 2.45) is 0 Å². The van der Waals surface area contributed by atoms with E-state index in [1.165, 1.54) is 15.9 Å². The second-order valence-corrected chi connectivity index (χ2v) is 9.20. The molecule has 0 nitrogen and oxygen atoms in total. The predicted octanol–water partition coefficient (Wildman–Crippen LogP) is 4.66. The number of rotatable bonds is 5. The van der Waals surface area contributed by atoms with Crippen LogP contribution in [0.1, 0.15) is 6.92 Å². The zero-order chi connectivity index (χ0) is 15.1. The fraction of sp³-hybridized carbons (Fsp3) is 0.100. The van der Waals surface area contributed by atoms with Crippen LogP contribution in [0.2, 0.25) is 0 Å². The molecule has 0 N–H and O–H groups in total. The molecule has 0 spiro atoms. The van der Waals surface area contributed by atoms with Crippen LogP contribution in [0, 0.1) is 0 Å². The van der Waals surface area contributed by atoms with Gasteiger partial charge in [-0.3, -0.25) is 0 Å². The first-order chi connectivity index (χ1) is 10.2. The van der Waals surface area contributed by atoms with Gasteiger partial charge in [0.1, 0.15) is 0 Å². The molecule has 0 aliphatic carbocycles. The molecule has 0 heterocycles. The van der Waals surface area contributed by atoms with E-state index in [1.54, 1.807) is 0 Å². The summed E-state index contributed by atoms with van der Waals surface area (Å²) in [5.74, 6) is 0. The Balaban J connectivity index is 2.70. The second-order valence-electron chi connectivity index (χ2n) is 5.21. The van der Waals surface area contributed by atoms with E-state index in [2.05, 4.69) is 99.1 Å². The summed E-state index contributed by atoms with van der Waals surface area (Å²) in [4.78, 5) is 0. The van der Waals surface area contributed by atoms with Crippen molar-refractivity contribution in [1.29, 1.82) is 0 Å². The number of hydrogen-bond donors (Lipinski definition) is 0. The van der Waals surface area contributed by atoms with Crippen molar-refractivity contribution >= 4 is 17.9 Å². The van der Waals surface area contributed by atoms with E-state index in [1.807, 2.05) is 6.08 Å². The molecule has 0 saturated carbocycles. The Morgan fingerprint density at radius 1 is 0.905 bits per heavy atom. The summed E-state index contributed by atoms with van der Waals surface area (Å²) >= 11 is 0. The SMILES string of the molecule is C=C/C=C(\C=C/C)[PH](C)(c1ccccc1)c1ccccc1. The fourth-order valence-electron chi connectivity index (χ4n) is 2.74. The van der Waals surface area contributed by atoms with Gasteiger partial charge in [0.15, 0.2) is 0 Å². The fourth-order valence-corrected chi connectivity index (χ4v) is 6.41. The Hall–Kier alpha value is -1.91. The molecule has 2 aromatic carbocycles. The third kappa shape index (κ3) is 3.23. The molecule has 108 valence electrons. The molecular weight excluding hydrogens is 271 g/mol. The summed E-state index contributed by atoms with van der Waals surface area (Å²) in [7, 11) is -1.97. The van der Waals surface area contributed by atoms with Gasteiger partial charge >= 0.3 is 128 Å². The maximum absolute atomic E-state index is 3.90. The molecule has 0 fully saturated rings. The second kappa shape index (κ2) is 7.20. The monoisotopic (exact) mass is 294 g/mol. The Morgan fingerprint density at radius 2 is 1.38 bits per heavy atom. The van der Waals surface area contributed by atoms with Crippen LogP contribution in [0.15, 0.2) is 96.9 Å². The topological polar surface area (TPSA) is 0 Å². The van der Waals surface area contributed by atoms with Gasteiger partial charge in [0, 0.05) is 0 Å². The molecule has 0 saturated heterocycles. The molecule has 2 rings (SSSR count). The number of allylic oxidation sites excluding steroid dienone is 5. The van der Waals surface area contributed by atoms with Crippen LogP contribution < -0.4 is 10.6 Å². The Morgan fingerprint density at radius 3 is 1.76 bits per heavy atom. The van der Waals surface area contributed by atoms with Gasteiger partial charge < -0.3 is 0 Å². The number of benzene rings is 2. The van der Waals surface area contributed by atoms with Crippen molar-refractivity contribution in [3.05, 3.63) is 96.9 Å². The van der Waals surface area contributed by atoms with Gasteiger partial charge in [-0.15, -0.1) is 0 Å². The average molecular weight is 294 g/mol. The summed E-state index contributed by atoms with van der Waals surface area (Å²) in [6, 6.07) is 21.7. The van der Waals surface area contributed by atoms with Gasteiger partial charge in [-0.1, -0.05) is 0 Å². The van der Waals surface area contributed by atoms with Gasteiger partial charge in [-0.2, -0.15) is 0 Å². The van der Waals surface area contributed by atoms with E-state index in [-0.39, 0.29) is 0 Å². The van der Waals surface area contributed by atoms with E-state index in [9.17, 15) is 0 Å². The van der Waals surface area contributed by atoms with Crippen molar-refractivity contribution in [3.63, 3.8) is 0 Å². The quantitative estimate of drug-likeness (QED) is 0.555. The van der Waals surface area contributed by atoms with E-state index in [4.69, 9.17) is 0 Å². The predicted molar refractivity (Wildman–Crippen MR) is 99.5 cm³/mol. The van der Waals surface area contributed by atoms with Gasteiger partial charge in [-0.05, 0) is 0 Å². The molecular formula is C20H23P. The van der Waals surface area contributed by atoms with Crippen molar-refractivity contribution in [2.75, 3.05) is 6.66 Å². The number of hydrogen-bond acceptors (Lipinski definition) is 0. The molecule has 0 bridgehead atoms. The summed E-state index contributed by atoms with van der Waals surface area (Å²) in [6.07, 6.45) is 8.40. The van der Waals surface area contributed by atoms with Crippen LogP contribution in [0.5, 0.6) is 0 Å². The Labute approximate surface area is 128 Å².